The summed E-state index contributed by atoms with van der Waals surface area (Å²) in [6.45, 7) is 2.32. The third-order valence-electron chi connectivity index (χ3n) is 2.85. The van der Waals surface area contributed by atoms with Crippen LogP contribution >= 0.6 is 12.4 Å². The van der Waals surface area contributed by atoms with Crippen molar-refractivity contribution in [1.82, 2.24) is 10.6 Å². The molecule has 0 unspecified atom stereocenters. The molecule has 1 fully saturated rings. The zero-order valence-electron chi connectivity index (χ0n) is 9.71. The van der Waals surface area contributed by atoms with Crippen molar-refractivity contribution < 1.29 is 13.6 Å². The molecule has 0 spiro atoms. The zero-order valence-corrected chi connectivity index (χ0v) is 10.5. The quantitative estimate of drug-likeness (QED) is 0.869. The van der Waals surface area contributed by atoms with Gasteiger partial charge in [-0.05, 0) is 12.1 Å². The summed E-state index contributed by atoms with van der Waals surface area (Å²) in [4.78, 5) is 11.5. The number of rotatable bonds is 4. The maximum absolute atomic E-state index is 13.3. The van der Waals surface area contributed by atoms with Crippen LogP contribution in [-0.4, -0.2) is 25.5 Å². The minimum atomic E-state index is -0.675. The van der Waals surface area contributed by atoms with Crippen molar-refractivity contribution >= 4 is 18.3 Å². The second-order valence-electron chi connectivity index (χ2n) is 4.21. The molecule has 1 aromatic carbocycles. The smallest absolute Gasteiger partial charge is 0.224 e. The number of nitrogens with one attached hydrogen (secondary N) is 2. The van der Waals surface area contributed by atoms with Crippen molar-refractivity contribution in [3.63, 3.8) is 0 Å². The first-order chi connectivity index (χ1) is 8.16. The SMILES string of the molecule is Cl.O=C(Cc1c(F)cccc1F)NCC1CNC1. The fourth-order valence-electron chi connectivity index (χ4n) is 1.68. The van der Waals surface area contributed by atoms with Crippen LogP contribution in [0.1, 0.15) is 5.56 Å². The molecule has 2 N–H and O–H groups in total. The fraction of sp³-hybridized carbons (Fsp3) is 0.417. The van der Waals surface area contributed by atoms with Crippen LogP contribution in [0.3, 0.4) is 0 Å². The van der Waals surface area contributed by atoms with E-state index in [4.69, 9.17) is 0 Å². The molecule has 1 amide bonds. The molecule has 2 rings (SSSR count). The number of carbonyl (C=O) groups excluding carboxylic acids is 1. The average molecular weight is 277 g/mol. The van der Waals surface area contributed by atoms with Crippen LogP contribution < -0.4 is 10.6 Å². The van der Waals surface area contributed by atoms with E-state index in [-0.39, 0.29) is 30.3 Å². The summed E-state index contributed by atoms with van der Waals surface area (Å²) in [7, 11) is 0. The van der Waals surface area contributed by atoms with Gasteiger partial charge in [-0.3, -0.25) is 4.79 Å². The molecule has 0 saturated carbocycles. The molecular formula is C12H15ClF2N2O. The monoisotopic (exact) mass is 276 g/mol. The molecule has 1 saturated heterocycles. The van der Waals surface area contributed by atoms with Gasteiger partial charge in [0, 0.05) is 31.1 Å². The molecule has 0 aromatic heterocycles. The average Bonchev–Trinajstić information content (AvgIpc) is 2.21. The summed E-state index contributed by atoms with van der Waals surface area (Å²) in [6.07, 6.45) is -0.251. The Morgan fingerprint density at radius 3 is 2.44 bits per heavy atom. The standard InChI is InChI=1S/C12H14F2N2O.ClH/c13-10-2-1-3-11(14)9(10)4-12(17)16-7-8-5-15-6-8;/h1-3,8,15H,4-7H2,(H,16,17);1H. The van der Waals surface area contributed by atoms with E-state index in [0.29, 0.717) is 12.5 Å². The summed E-state index contributed by atoms with van der Waals surface area (Å²) >= 11 is 0. The van der Waals surface area contributed by atoms with Crippen LogP contribution in [0.4, 0.5) is 8.78 Å². The molecule has 1 heterocycles. The number of carbonyl (C=O) groups is 1. The highest BCUT2D eigenvalue weighted by molar-refractivity contribution is 5.85. The van der Waals surface area contributed by atoms with Gasteiger partial charge < -0.3 is 10.6 Å². The first-order valence-corrected chi connectivity index (χ1v) is 5.57. The molecule has 100 valence electrons. The van der Waals surface area contributed by atoms with E-state index in [1.54, 1.807) is 0 Å². The first-order valence-electron chi connectivity index (χ1n) is 5.57. The Morgan fingerprint density at radius 2 is 1.94 bits per heavy atom. The van der Waals surface area contributed by atoms with E-state index in [1.807, 2.05) is 0 Å². The summed E-state index contributed by atoms with van der Waals surface area (Å²) in [5.41, 5.74) is -0.170. The summed E-state index contributed by atoms with van der Waals surface area (Å²) in [6, 6.07) is 3.59. The van der Waals surface area contributed by atoms with Gasteiger partial charge in [0.15, 0.2) is 0 Å². The maximum Gasteiger partial charge on any atom is 0.224 e. The van der Waals surface area contributed by atoms with Gasteiger partial charge in [0.2, 0.25) is 5.91 Å². The van der Waals surface area contributed by atoms with Gasteiger partial charge in [-0.15, -0.1) is 12.4 Å². The Balaban J connectivity index is 0.00000162. The van der Waals surface area contributed by atoms with Crippen LogP contribution in [0.5, 0.6) is 0 Å². The van der Waals surface area contributed by atoms with Crippen molar-refractivity contribution in [2.45, 2.75) is 6.42 Å². The van der Waals surface area contributed by atoms with Crippen LogP contribution in [0.2, 0.25) is 0 Å². The molecule has 1 aliphatic heterocycles. The van der Waals surface area contributed by atoms with E-state index in [0.717, 1.165) is 25.2 Å². The predicted molar refractivity (Wildman–Crippen MR) is 66.7 cm³/mol. The van der Waals surface area contributed by atoms with Gasteiger partial charge >= 0.3 is 0 Å². The first kappa shape index (κ1) is 14.9. The van der Waals surface area contributed by atoms with Gasteiger partial charge in [0.1, 0.15) is 11.6 Å². The molecule has 18 heavy (non-hydrogen) atoms. The number of halogens is 3. The van der Waals surface area contributed by atoms with Crippen molar-refractivity contribution in [3.8, 4) is 0 Å². The summed E-state index contributed by atoms with van der Waals surface area (Å²) < 4.78 is 26.5. The van der Waals surface area contributed by atoms with Gasteiger partial charge in [-0.1, -0.05) is 6.07 Å². The lowest BCUT2D eigenvalue weighted by Gasteiger charge is -2.27. The molecule has 3 nitrogen and oxygen atoms in total. The number of hydrogen-bond acceptors (Lipinski definition) is 2. The van der Waals surface area contributed by atoms with E-state index in [2.05, 4.69) is 10.6 Å². The Labute approximate surface area is 110 Å². The maximum atomic E-state index is 13.3. The minimum absolute atomic E-state index is 0. The molecule has 0 bridgehead atoms. The molecular weight excluding hydrogens is 262 g/mol. The largest absolute Gasteiger partial charge is 0.355 e. The zero-order chi connectivity index (χ0) is 12.3. The predicted octanol–water partition coefficient (Wildman–Crippen LogP) is 1.26. The topological polar surface area (TPSA) is 41.1 Å². The van der Waals surface area contributed by atoms with Gasteiger partial charge in [-0.25, -0.2) is 8.78 Å². The minimum Gasteiger partial charge on any atom is -0.355 e. The molecule has 1 aliphatic rings. The third kappa shape index (κ3) is 3.65. The van der Waals surface area contributed by atoms with Crippen LogP contribution in [0.15, 0.2) is 18.2 Å². The van der Waals surface area contributed by atoms with Crippen molar-refractivity contribution in [2.75, 3.05) is 19.6 Å². The second kappa shape index (κ2) is 6.66. The Kier molecular flexibility index (Phi) is 5.50. The van der Waals surface area contributed by atoms with Gasteiger partial charge in [-0.2, -0.15) is 0 Å². The summed E-state index contributed by atoms with van der Waals surface area (Å²) in [5, 5.41) is 5.76. The normalized spacial score (nSPS) is 14.6. The molecule has 0 atom stereocenters. The Hall–Kier alpha value is -1.20. The van der Waals surface area contributed by atoms with Crippen molar-refractivity contribution in [2.24, 2.45) is 5.92 Å². The van der Waals surface area contributed by atoms with E-state index in [1.165, 1.54) is 6.07 Å². The fourth-order valence-corrected chi connectivity index (χ4v) is 1.68. The third-order valence-corrected chi connectivity index (χ3v) is 2.85. The van der Waals surface area contributed by atoms with E-state index < -0.39 is 11.6 Å². The Morgan fingerprint density at radius 1 is 1.33 bits per heavy atom. The lowest BCUT2D eigenvalue weighted by Crippen LogP contribution is -2.48. The van der Waals surface area contributed by atoms with Crippen LogP contribution in [0.25, 0.3) is 0 Å². The van der Waals surface area contributed by atoms with E-state index >= 15 is 0 Å². The number of hydrogen-bond donors (Lipinski definition) is 2. The highest BCUT2D eigenvalue weighted by Crippen LogP contribution is 2.12. The molecule has 0 radical (unpaired) electrons. The highest BCUT2D eigenvalue weighted by atomic mass is 35.5. The Bertz CT molecular complexity index is 404. The van der Waals surface area contributed by atoms with Crippen LogP contribution in [-0.2, 0) is 11.2 Å². The number of benzene rings is 1. The molecule has 6 heteroatoms. The van der Waals surface area contributed by atoms with Gasteiger partial charge in [0.05, 0.1) is 6.42 Å². The van der Waals surface area contributed by atoms with Crippen molar-refractivity contribution in [1.29, 1.82) is 0 Å². The molecule has 1 aromatic rings. The van der Waals surface area contributed by atoms with E-state index in [9.17, 15) is 13.6 Å². The van der Waals surface area contributed by atoms with Crippen molar-refractivity contribution in [3.05, 3.63) is 35.4 Å². The molecule has 0 aliphatic carbocycles. The van der Waals surface area contributed by atoms with Crippen LogP contribution in [0, 0.1) is 17.6 Å². The summed E-state index contributed by atoms with van der Waals surface area (Å²) in [5.74, 6) is -1.26. The highest BCUT2D eigenvalue weighted by Gasteiger charge is 2.18. The second-order valence-corrected chi connectivity index (χ2v) is 4.21. The number of amides is 1. The van der Waals surface area contributed by atoms with Gasteiger partial charge in [0.25, 0.3) is 0 Å². The lowest BCUT2D eigenvalue weighted by molar-refractivity contribution is -0.120. The lowest BCUT2D eigenvalue weighted by atomic mass is 10.0.